The van der Waals surface area contributed by atoms with Crippen LogP contribution >= 0.6 is 11.6 Å². The van der Waals surface area contributed by atoms with Crippen LogP contribution in [0.15, 0.2) is 24.7 Å². The molecule has 0 aliphatic heterocycles. The monoisotopic (exact) mass is 282 g/mol. The third kappa shape index (κ3) is 3.51. The lowest BCUT2D eigenvalue weighted by Crippen LogP contribution is -2.26. The number of amides is 1. The van der Waals surface area contributed by atoms with E-state index in [1.165, 1.54) is 0 Å². The first-order chi connectivity index (χ1) is 9.06. The predicted molar refractivity (Wildman–Crippen MR) is 68.5 cm³/mol. The molecule has 100 valence electrons. The summed E-state index contributed by atoms with van der Waals surface area (Å²) in [6, 6.07) is 1.06. The largest absolute Gasteiger partial charge is 0.352 e. The zero-order valence-electron chi connectivity index (χ0n) is 10.2. The van der Waals surface area contributed by atoms with Gasteiger partial charge in [-0.25, -0.2) is 9.37 Å². The van der Waals surface area contributed by atoms with E-state index in [4.69, 9.17) is 11.6 Å². The fraction of sp³-hybridized carbons (Fsp3) is 0.250. The van der Waals surface area contributed by atoms with E-state index in [1.807, 2.05) is 13.2 Å². The van der Waals surface area contributed by atoms with E-state index >= 15 is 0 Å². The number of halogens is 2. The SMILES string of the molecule is Cn1cc(CCNC(=O)c2cc(F)cnc2Cl)cn1. The fourth-order valence-corrected chi connectivity index (χ4v) is 1.79. The van der Waals surface area contributed by atoms with E-state index in [9.17, 15) is 9.18 Å². The van der Waals surface area contributed by atoms with Crippen molar-refractivity contribution in [1.82, 2.24) is 20.1 Å². The van der Waals surface area contributed by atoms with Crippen LogP contribution in [0.3, 0.4) is 0 Å². The van der Waals surface area contributed by atoms with Gasteiger partial charge in [0.15, 0.2) is 0 Å². The Morgan fingerprint density at radius 2 is 2.32 bits per heavy atom. The molecule has 19 heavy (non-hydrogen) atoms. The zero-order chi connectivity index (χ0) is 13.8. The van der Waals surface area contributed by atoms with Gasteiger partial charge in [-0.15, -0.1) is 0 Å². The van der Waals surface area contributed by atoms with E-state index in [-0.39, 0.29) is 10.7 Å². The van der Waals surface area contributed by atoms with Gasteiger partial charge in [-0.05, 0) is 18.1 Å². The highest BCUT2D eigenvalue weighted by molar-refractivity contribution is 6.32. The van der Waals surface area contributed by atoms with Gasteiger partial charge in [0.1, 0.15) is 11.0 Å². The molecule has 0 aromatic carbocycles. The molecule has 1 N–H and O–H groups in total. The molecular formula is C12H12ClFN4O. The molecule has 7 heteroatoms. The van der Waals surface area contributed by atoms with Crippen molar-refractivity contribution in [2.75, 3.05) is 6.54 Å². The number of aryl methyl sites for hydroxylation is 1. The Bertz CT molecular complexity index is 599. The lowest BCUT2D eigenvalue weighted by atomic mass is 10.2. The number of aromatic nitrogens is 3. The maximum absolute atomic E-state index is 13.0. The minimum Gasteiger partial charge on any atom is -0.352 e. The molecule has 0 saturated carbocycles. The smallest absolute Gasteiger partial charge is 0.254 e. The number of carbonyl (C=O) groups is 1. The normalized spacial score (nSPS) is 10.5. The fourth-order valence-electron chi connectivity index (χ4n) is 1.60. The average Bonchev–Trinajstić information content (AvgIpc) is 2.78. The Labute approximate surface area is 114 Å². The van der Waals surface area contributed by atoms with Gasteiger partial charge in [0.2, 0.25) is 0 Å². The van der Waals surface area contributed by atoms with Gasteiger partial charge in [-0.3, -0.25) is 9.48 Å². The molecule has 2 heterocycles. The van der Waals surface area contributed by atoms with Crippen LogP contribution in [0.2, 0.25) is 5.15 Å². The topological polar surface area (TPSA) is 59.8 Å². The summed E-state index contributed by atoms with van der Waals surface area (Å²) in [4.78, 5) is 15.4. The van der Waals surface area contributed by atoms with Crippen molar-refractivity contribution in [2.45, 2.75) is 6.42 Å². The van der Waals surface area contributed by atoms with Crippen molar-refractivity contribution in [3.05, 3.63) is 46.8 Å². The molecule has 0 aliphatic rings. The summed E-state index contributed by atoms with van der Waals surface area (Å²) >= 11 is 5.74. The molecule has 1 amide bonds. The van der Waals surface area contributed by atoms with E-state index in [0.29, 0.717) is 13.0 Å². The lowest BCUT2D eigenvalue weighted by molar-refractivity contribution is 0.0953. The van der Waals surface area contributed by atoms with Crippen molar-refractivity contribution in [3.8, 4) is 0 Å². The molecule has 2 rings (SSSR count). The number of rotatable bonds is 4. The first-order valence-electron chi connectivity index (χ1n) is 5.63. The van der Waals surface area contributed by atoms with Crippen molar-refractivity contribution in [2.24, 2.45) is 7.05 Å². The summed E-state index contributed by atoms with van der Waals surface area (Å²) in [6.07, 6.45) is 5.19. The van der Waals surface area contributed by atoms with Crippen LogP contribution in [0, 0.1) is 5.82 Å². The van der Waals surface area contributed by atoms with Crippen LogP contribution in [0.1, 0.15) is 15.9 Å². The molecule has 0 saturated heterocycles. The Kier molecular flexibility index (Phi) is 4.11. The van der Waals surface area contributed by atoms with Crippen molar-refractivity contribution >= 4 is 17.5 Å². The standard InChI is InChI=1S/C12H12ClFN4O/c1-18-7-8(5-17-18)2-3-15-12(19)10-4-9(14)6-16-11(10)13/h4-7H,2-3H2,1H3,(H,15,19). The lowest BCUT2D eigenvalue weighted by Gasteiger charge is -2.05. The van der Waals surface area contributed by atoms with E-state index in [0.717, 1.165) is 17.8 Å². The minimum atomic E-state index is -0.596. The van der Waals surface area contributed by atoms with Crippen LogP contribution in [-0.2, 0) is 13.5 Å². The molecule has 2 aromatic heterocycles. The van der Waals surface area contributed by atoms with Crippen molar-refractivity contribution in [1.29, 1.82) is 0 Å². The molecule has 0 radical (unpaired) electrons. The predicted octanol–water partition coefficient (Wildman–Crippen LogP) is 1.58. The Morgan fingerprint density at radius 1 is 1.53 bits per heavy atom. The van der Waals surface area contributed by atoms with Gasteiger partial charge in [0, 0.05) is 19.8 Å². The van der Waals surface area contributed by atoms with Gasteiger partial charge in [0.25, 0.3) is 5.91 Å². The maximum Gasteiger partial charge on any atom is 0.254 e. The van der Waals surface area contributed by atoms with Crippen LogP contribution in [-0.4, -0.2) is 27.2 Å². The maximum atomic E-state index is 13.0. The second-order valence-electron chi connectivity index (χ2n) is 4.02. The molecule has 0 atom stereocenters. The molecule has 0 unspecified atom stereocenters. The average molecular weight is 283 g/mol. The van der Waals surface area contributed by atoms with Gasteiger partial charge >= 0.3 is 0 Å². The minimum absolute atomic E-state index is 0.0136. The summed E-state index contributed by atoms with van der Waals surface area (Å²) in [5, 5.41) is 6.67. The second-order valence-corrected chi connectivity index (χ2v) is 4.38. The molecule has 0 aliphatic carbocycles. The Morgan fingerprint density at radius 3 is 3.00 bits per heavy atom. The van der Waals surface area contributed by atoms with Crippen molar-refractivity contribution in [3.63, 3.8) is 0 Å². The molecule has 0 spiro atoms. The number of hydrogen-bond acceptors (Lipinski definition) is 3. The number of pyridine rings is 1. The summed E-state index contributed by atoms with van der Waals surface area (Å²) < 4.78 is 14.7. The van der Waals surface area contributed by atoms with E-state index in [1.54, 1.807) is 10.9 Å². The van der Waals surface area contributed by atoms with Crippen molar-refractivity contribution < 1.29 is 9.18 Å². The second kappa shape index (κ2) is 5.79. The third-order valence-electron chi connectivity index (χ3n) is 2.51. The summed E-state index contributed by atoms with van der Waals surface area (Å²) in [5.74, 6) is -1.04. The number of hydrogen-bond donors (Lipinski definition) is 1. The Balaban J connectivity index is 1.92. The van der Waals surface area contributed by atoms with Gasteiger partial charge in [-0.1, -0.05) is 11.6 Å². The summed E-state index contributed by atoms with van der Waals surface area (Å²) in [6.45, 7) is 0.414. The van der Waals surface area contributed by atoms with E-state index < -0.39 is 11.7 Å². The highest BCUT2D eigenvalue weighted by atomic mass is 35.5. The molecule has 0 bridgehead atoms. The van der Waals surface area contributed by atoms with Crippen LogP contribution < -0.4 is 5.32 Å². The summed E-state index contributed by atoms with van der Waals surface area (Å²) in [5.41, 5.74) is 1.04. The van der Waals surface area contributed by atoms with Gasteiger partial charge < -0.3 is 5.32 Å². The first-order valence-corrected chi connectivity index (χ1v) is 6.01. The highest BCUT2D eigenvalue weighted by Crippen LogP contribution is 2.13. The molecular weight excluding hydrogens is 271 g/mol. The number of nitrogens with one attached hydrogen (secondary N) is 1. The molecule has 5 nitrogen and oxygen atoms in total. The third-order valence-corrected chi connectivity index (χ3v) is 2.81. The quantitative estimate of drug-likeness (QED) is 0.866. The number of nitrogens with zero attached hydrogens (tertiary/aromatic N) is 3. The first kappa shape index (κ1) is 13.5. The summed E-state index contributed by atoms with van der Waals surface area (Å²) in [7, 11) is 1.82. The number of carbonyl (C=O) groups excluding carboxylic acids is 1. The molecule has 2 aromatic rings. The molecule has 0 fully saturated rings. The highest BCUT2D eigenvalue weighted by Gasteiger charge is 2.12. The van der Waals surface area contributed by atoms with Gasteiger partial charge in [-0.2, -0.15) is 5.10 Å². The van der Waals surface area contributed by atoms with Crippen LogP contribution in [0.5, 0.6) is 0 Å². The van der Waals surface area contributed by atoms with E-state index in [2.05, 4.69) is 15.4 Å². The zero-order valence-corrected chi connectivity index (χ0v) is 11.0. The van der Waals surface area contributed by atoms with Crippen LogP contribution in [0.4, 0.5) is 4.39 Å². The van der Waals surface area contributed by atoms with Gasteiger partial charge in [0.05, 0.1) is 18.0 Å². The van der Waals surface area contributed by atoms with Crippen LogP contribution in [0.25, 0.3) is 0 Å². The Hall–Kier alpha value is -1.95.